The summed E-state index contributed by atoms with van der Waals surface area (Å²) < 4.78 is 7.52. The molecule has 4 nitrogen and oxygen atoms in total. The highest BCUT2D eigenvalue weighted by Gasteiger charge is 2.17. The maximum Gasteiger partial charge on any atom is 0.336 e. The standard InChI is InChI=1S/C13H11I3O4/c1-6(2)13(19)20-4-3-7-9(14)5-8(12(17)18)11(16)10(7)15/h5H,1,3-4H2,2H3,(H,17,18). The molecule has 0 saturated heterocycles. The second-order valence-electron chi connectivity index (χ2n) is 3.98. The van der Waals surface area contributed by atoms with Crippen LogP contribution in [0.3, 0.4) is 0 Å². The van der Waals surface area contributed by atoms with Crippen molar-refractivity contribution in [1.82, 2.24) is 0 Å². The van der Waals surface area contributed by atoms with Crippen LogP contribution < -0.4 is 0 Å². The molecular weight excluding hydrogens is 601 g/mol. The molecule has 1 aromatic rings. The second-order valence-corrected chi connectivity index (χ2v) is 7.30. The summed E-state index contributed by atoms with van der Waals surface area (Å²) >= 11 is 6.25. The van der Waals surface area contributed by atoms with Crippen LogP contribution in [0.2, 0.25) is 0 Å². The van der Waals surface area contributed by atoms with Gasteiger partial charge in [0.1, 0.15) is 0 Å². The monoisotopic (exact) mass is 612 g/mol. The van der Waals surface area contributed by atoms with Gasteiger partial charge in [0, 0.05) is 22.7 Å². The van der Waals surface area contributed by atoms with Gasteiger partial charge in [0.15, 0.2) is 0 Å². The minimum atomic E-state index is -0.939. The van der Waals surface area contributed by atoms with Crippen molar-refractivity contribution in [2.75, 3.05) is 6.61 Å². The molecule has 0 atom stereocenters. The molecular formula is C13H11I3O4. The highest BCUT2D eigenvalue weighted by atomic mass is 127. The molecule has 108 valence electrons. The van der Waals surface area contributed by atoms with Gasteiger partial charge in [-0.15, -0.1) is 0 Å². The van der Waals surface area contributed by atoms with Gasteiger partial charge in [-0.05, 0) is 86.3 Å². The minimum Gasteiger partial charge on any atom is -0.478 e. The lowest BCUT2D eigenvalue weighted by atomic mass is 10.1. The Hall–Kier alpha value is 0.0900. The van der Waals surface area contributed by atoms with Crippen LogP contribution in [0, 0.1) is 10.7 Å². The van der Waals surface area contributed by atoms with Crippen LogP contribution in [0.4, 0.5) is 0 Å². The fourth-order valence-electron chi connectivity index (χ4n) is 1.39. The number of ether oxygens (including phenoxy) is 1. The summed E-state index contributed by atoms with van der Waals surface area (Å²) in [5.41, 5.74) is 1.65. The third kappa shape index (κ3) is 4.55. The molecule has 0 saturated carbocycles. The maximum absolute atomic E-state index is 11.3. The Bertz CT molecular complexity index is 581. The van der Waals surface area contributed by atoms with E-state index >= 15 is 0 Å². The Kier molecular flexibility index (Phi) is 7.18. The van der Waals surface area contributed by atoms with Crippen molar-refractivity contribution in [2.45, 2.75) is 13.3 Å². The smallest absolute Gasteiger partial charge is 0.336 e. The Balaban J connectivity index is 2.92. The van der Waals surface area contributed by atoms with Crippen molar-refractivity contribution in [2.24, 2.45) is 0 Å². The molecule has 0 aromatic heterocycles. The molecule has 0 aliphatic rings. The summed E-state index contributed by atoms with van der Waals surface area (Å²) in [5, 5.41) is 9.12. The van der Waals surface area contributed by atoms with Gasteiger partial charge >= 0.3 is 11.9 Å². The predicted octanol–water partition coefficient (Wildman–Crippen LogP) is 3.86. The van der Waals surface area contributed by atoms with E-state index in [-0.39, 0.29) is 6.61 Å². The quantitative estimate of drug-likeness (QED) is 0.238. The highest BCUT2D eigenvalue weighted by molar-refractivity contribution is 14.1. The summed E-state index contributed by atoms with van der Waals surface area (Å²) in [7, 11) is 0. The van der Waals surface area contributed by atoms with E-state index in [2.05, 4.69) is 51.8 Å². The van der Waals surface area contributed by atoms with Gasteiger partial charge in [0.25, 0.3) is 0 Å². The minimum absolute atomic E-state index is 0.250. The molecule has 0 bridgehead atoms. The fourth-order valence-corrected chi connectivity index (χ4v) is 4.32. The van der Waals surface area contributed by atoms with Gasteiger partial charge in [0.05, 0.1) is 12.2 Å². The predicted molar refractivity (Wildman–Crippen MR) is 101 cm³/mol. The Labute approximate surface area is 157 Å². The molecule has 7 heteroatoms. The molecule has 0 heterocycles. The van der Waals surface area contributed by atoms with Crippen LogP contribution in [-0.4, -0.2) is 23.7 Å². The second kappa shape index (κ2) is 7.92. The number of carboxylic acids is 1. The number of carbonyl (C=O) groups excluding carboxylic acids is 1. The molecule has 0 amide bonds. The Morgan fingerprint density at radius 2 is 1.90 bits per heavy atom. The van der Waals surface area contributed by atoms with Crippen LogP contribution in [0.15, 0.2) is 18.2 Å². The van der Waals surface area contributed by atoms with Gasteiger partial charge in [-0.25, -0.2) is 9.59 Å². The van der Waals surface area contributed by atoms with E-state index in [1.54, 1.807) is 13.0 Å². The van der Waals surface area contributed by atoms with Crippen molar-refractivity contribution < 1.29 is 19.4 Å². The molecule has 20 heavy (non-hydrogen) atoms. The van der Waals surface area contributed by atoms with E-state index in [4.69, 9.17) is 9.84 Å². The number of hydrogen-bond acceptors (Lipinski definition) is 3. The van der Waals surface area contributed by atoms with E-state index in [9.17, 15) is 9.59 Å². The largest absolute Gasteiger partial charge is 0.478 e. The number of hydrogen-bond donors (Lipinski definition) is 1. The van der Waals surface area contributed by atoms with Crippen molar-refractivity contribution in [3.05, 3.63) is 40.1 Å². The molecule has 0 unspecified atom stereocenters. The first-order valence-corrected chi connectivity index (χ1v) is 8.71. The van der Waals surface area contributed by atoms with Crippen LogP contribution in [0.1, 0.15) is 22.8 Å². The molecule has 0 fully saturated rings. The molecule has 1 N–H and O–H groups in total. The van der Waals surface area contributed by atoms with Gasteiger partial charge in [-0.2, -0.15) is 0 Å². The third-order valence-electron chi connectivity index (χ3n) is 2.42. The van der Waals surface area contributed by atoms with Crippen molar-refractivity contribution in [1.29, 1.82) is 0 Å². The lowest BCUT2D eigenvalue weighted by Gasteiger charge is -2.12. The van der Waals surface area contributed by atoms with Crippen molar-refractivity contribution in [3.63, 3.8) is 0 Å². The van der Waals surface area contributed by atoms with E-state index in [1.807, 2.05) is 22.6 Å². The lowest BCUT2D eigenvalue weighted by molar-refractivity contribution is -0.138. The molecule has 0 aliphatic heterocycles. The number of carboxylic acid groups (broad SMARTS) is 1. The van der Waals surface area contributed by atoms with Gasteiger partial charge < -0.3 is 9.84 Å². The average molecular weight is 612 g/mol. The first-order chi connectivity index (χ1) is 9.25. The summed E-state index contributed by atoms with van der Waals surface area (Å²) in [4.78, 5) is 22.4. The van der Waals surface area contributed by atoms with Gasteiger partial charge in [-0.1, -0.05) is 6.58 Å². The molecule has 0 spiro atoms. The zero-order chi connectivity index (χ0) is 15.4. The van der Waals surface area contributed by atoms with E-state index in [1.165, 1.54) is 0 Å². The summed E-state index contributed by atoms with van der Waals surface area (Å²) in [5.74, 6) is -1.35. The van der Waals surface area contributed by atoms with E-state index < -0.39 is 11.9 Å². The van der Waals surface area contributed by atoms with Gasteiger partial charge in [-0.3, -0.25) is 0 Å². The Morgan fingerprint density at radius 3 is 2.40 bits per heavy atom. The first kappa shape index (κ1) is 18.1. The van der Waals surface area contributed by atoms with Crippen LogP contribution in [0.5, 0.6) is 0 Å². The van der Waals surface area contributed by atoms with Crippen LogP contribution in [0.25, 0.3) is 0 Å². The molecule has 0 aliphatic carbocycles. The number of benzene rings is 1. The van der Waals surface area contributed by atoms with E-state index in [0.717, 1.165) is 12.7 Å². The Morgan fingerprint density at radius 1 is 1.30 bits per heavy atom. The zero-order valence-electron chi connectivity index (χ0n) is 10.5. The lowest BCUT2D eigenvalue weighted by Crippen LogP contribution is -2.11. The van der Waals surface area contributed by atoms with E-state index in [0.29, 0.717) is 21.1 Å². The SMILES string of the molecule is C=C(C)C(=O)OCCc1c(I)cc(C(=O)O)c(I)c1I. The molecule has 0 radical (unpaired) electrons. The summed E-state index contributed by atoms with van der Waals surface area (Å²) in [6.45, 7) is 5.36. The number of rotatable bonds is 5. The third-order valence-corrected chi connectivity index (χ3v) is 6.72. The summed E-state index contributed by atoms with van der Waals surface area (Å²) in [6.07, 6.45) is 0.547. The van der Waals surface area contributed by atoms with Crippen LogP contribution >= 0.6 is 67.8 Å². The molecule has 1 aromatic carbocycles. The fraction of sp³-hybridized carbons (Fsp3) is 0.231. The van der Waals surface area contributed by atoms with Crippen LogP contribution in [-0.2, 0) is 16.0 Å². The number of halogens is 3. The number of esters is 1. The average Bonchev–Trinajstić information content (AvgIpc) is 2.37. The first-order valence-electron chi connectivity index (χ1n) is 5.48. The van der Waals surface area contributed by atoms with Crippen molar-refractivity contribution in [3.8, 4) is 0 Å². The number of aromatic carboxylic acids is 1. The zero-order valence-corrected chi connectivity index (χ0v) is 17.0. The molecule has 1 rings (SSSR count). The topological polar surface area (TPSA) is 63.6 Å². The summed E-state index contributed by atoms with van der Waals surface area (Å²) in [6, 6.07) is 1.64. The maximum atomic E-state index is 11.3. The normalized spacial score (nSPS) is 10.2. The highest BCUT2D eigenvalue weighted by Crippen LogP contribution is 2.28. The van der Waals surface area contributed by atoms with Gasteiger partial charge in [0.2, 0.25) is 0 Å². The van der Waals surface area contributed by atoms with Crippen molar-refractivity contribution >= 4 is 79.7 Å². The number of carbonyl (C=O) groups is 2.